The molecule has 0 amide bonds. The van der Waals surface area contributed by atoms with E-state index in [9.17, 15) is 0 Å². The standard InChI is InChI=1S/C18H16N4S/c1-11-4-6-16-15(8-11)20-17(23-16)7-5-13-9-14-12(2)21-22(3)18(14)19-10-13/h4-10H,1-3H3/b7-5-. The van der Waals surface area contributed by atoms with Crippen molar-refractivity contribution in [3.8, 4) is 0 Å². The topological polar surface area (TPSA) is 43.6 Å². The van der Waals surface area contributed by atoms with Crippen molar-refractivity contribution in [1.82, 2.24) is 19.7 Å². The van der Waals surface area contributed by atoms with E-state index in [0.29, 0.717) is 0 Å². The molecule has 1 aromatic carbocycles. The van der Waals surface area contributed by atoms with Crippen molar-refractivity contribution in [3.63, 3.8) is 0 Å². The average molecular weight is 320 g/mol. The van der Waals surface area contributed by atoms with Crippen LogP contribution in [0.25, 0.3) is 33.4 Å². The number of hydrogen-bond acceptors (Lipinski definition) is 4. The maximum atomic E-state index is 4.67. The Kier molecular flexibility index (Phi) is 3.23. The number of thiazole rings is 1. The molecule has 0 spiro atoms. The number of aromatic nitrogens is 4. The second-order valence-corrected chi connectivity index (χ2v) is 6.77. The first kappa shape index (κ1) is 14.1. The van der Waals surface area contributed by atoms with Crippen LogP contribution >= 0.6 is 11.3 Å². The zero-order chi connectivity index (χ0) is 16.0. The van der Waals surface area contributed by atoms with Crippen molar-refractivity contribution < 1.29 is 0 Å². The number of hydrogen-bond donors (Lipinski definition) is 0. The maximum absolute atomic E-state index is 4.67. The summed E-state index contributed by atoms with van der Waals surface area (Å²) < 4.78 is 3.03. The zero-order valence-corrected chi connectivity index (χ0v) is 14.1. The summed E-state index contributed by atoms with van der Waals surface area (Å²) in [5.74, 6) is 0. The van der Waals surface area contributed by atoms with Gasteiger partial charge in [0.25, 0.3) is 0 Å². The number of fused-ring (bicyclic) bond motifs is 2. The number of pyridine rings is 1. The van der Waals surface area contributed by atoms with Crippen LogP contribution in [0.3, 0.4) is 0 Å². The van der Waals surface area contributed by atoms with Crippen LogP contribution in [0, 0.1) is 13.8 Å². The second kappa shape index (κ2) is 5.28. The van der Waals surface area contributed by atoms with Crippen LogP contribution in [0.1, 0.15) is 21.8 Å². The summed E-state index contributed by atoms with van der Waals surface area (Å²) in [6.07, 6.45) is 5.98. The minimum absolute atomic E-state index is 0.912. The minimum Gasteiger partial charge on any atom is -0.250 e. The zero-order valence-electron chi connectivity index (χ0n) is 13.2. The van der Waals surface area contributed by atoms with E-state index in [1.165, 1.54) is 10.3 Å². The van der Waals surface area contributed by atoms with Crippen LogP contribution in [0.2, 0.25) is 0 Å². The molecule has 0 fully saturated rings. The largest absolute Gasteiger partial charge is 0.250 e. The highest BCUT2D eigenvalue weighted by atomic mass is 32.1. The molecular formula is C18H16N4S. The van der Waals surface area contributed by atoms with Crippen LogP contribution in [0.5, 0.6) is 0 Å². The van der Waals surface area contributed by atoms with Gasteiger partial charge in [0.05, 0.1) is 15.9 Å². The molecule has 0 aliphatic carbocycles. The van der Waals surface area contributed by atoms with E-state index in [4.69, 9.17) is 0 Å². The number of benzene rings is 1. The first-order chi connectivity index (χ1) is 11.1. The van der Waals surface area contributed by atoms with Gasteiger partial charge in [0, 0.05) is 18.6 Å². The monoisotopic (exact) mass is 320 g/mol. The molecule has 4 nitrogen and oxygen atoms in total. The van der Waals surface area contributed by atoms with Crippen LogP contribution < -0.4 is 0 Å². The lowest BCUT2D eigenvalue weighted by Gasteiger charge is -1.95. The Morgan fingerprint density at radius 2 is 2.00 bits per heavy atom. The molecule has 0 atom stereocenters. The molecule has 0 radical (unpaired) electrons. The summed E-state index contributed by atoms with van der Waals surface area (Å²) >= 11 is 1.70. The maximum Gasteiger partial charge on any atom is 0.157 e. The molecule has 4 aromatic rings. The van der Waals surface area contributed by atoms with E-state index < -0.39 is 0 Å². The van der Waals surface area contributed by atoms with Gasteiger partial charge in [-0.15, -0.1) is 11.3 Å². The van der Waals surface area contributed by atoms with Gasteiger partial charge >= 0.3 is 0 Å². The highest BCUT2D eigenvalue weighted by Crippen LogP contribution is 2.25. The van der Waals surface area contributed by atoms with Gasteiger partial charge in [-0.3, -0.25) is 4.68 Å². The molecule has 5 heteroatoms. The fourth-order valence-electron chi connectivity index (χ4n) is 2.71. The van der Waals surface area contributed by atoms with Gasteiger partial charge in [-0.1, -0.05) is 12.1 Å². The number of rotatable bonds is 2. The third-order valence-corrected chi connectivity index (χ3v) is 4.86. The molecule has 0 saturated carbocycles. The quantitative estimate of drug-likeness (QED) is 0.551. The fourth-order valence-corrected chi connectivity index (χ4v) is 3.56. The van der Waals surface area contributed by atoms with E-state index >= 15 is 0 Å². The Morgan fingerprint density at radius 3 is 2.87 bits per heavy atom. The first-order valence-corrected chi connectivity index (χ1v) is 8.26. The Morgan fingerprint density at radius 1 is 1.13 bits per heavy atom. The molecule has 0 N–H and O–H groups in total. The van der Waals surface area contributed by atoms with E-state index in [1.807, 2.05) is 24.9 Å². The summed E-state index contributed by atoms with van der Waals surface area (Å²) in [7, 11) is 1.92. The van der Waals surface area contributed by atoms with E-state index in [1.54, 1.807) is 11.3 Å². The molecule has 23 heavy (non-hydrogen) atoms. The summed E-state index contributed by atoms with van der Waals surface area (Å²) in [5, 5.41) is 6.51. The van der Waals surface area contributed by atoms with E-state index in [0.717, 1.165) is 32.8 Å². The predicted octanol–water partition coefficient (Wildman–Crippen LogP) is 4.37. The van der Waals surface area contributed by atoms with Crippen LogP contribution in [0.4, 0.5) is 0 Å². The molecule has 0 unspecified atom stereocenters. The lowest BCUT2D eigenvalue weighted by molar-refractivity contribution is 0.774. The number of aryl methyl sites for hydroxylation is 3. The first-order valence-electron chi connectivity index (χ1n) is 7.45. The van der Waals surface area contributed by atoms with Gasteiger partial charge in [-0.25, -0.2) is 9.97 Å². The lowest BCUT2D eigenvalue weighted by atomic mass is 10.2. The van der Waals surface area contributed by atoms with Crippen molar-refractivity contribution in [2.45, 2.75) is 13.8 Å². The summed E-state index contributed by atoms with van der Waals surface area (Å²) in [4.78, 5) is 9.17. The number of nitrogens with zero attached hydrogens (tertiary/aromatic N) is 4. The van der Waals surface area contributed by atoms with Crippen molar-refractivity contribution in [3.05, 3.63) is 52.3 Å². The molecule has 0 bridgehead atoms. The van der Waals surface area contributed by atoms with Crippen molar-refractivity contribution in [2.24, 2.45) is 7.05 Å². The highest BCUT2D eigenvalue weighted by molar-refractivity contribution is 7.19. The van der Waals surface area contributed by atoms with Crippen LogP contribution in [0.15, 0.2) is 30.5 Å². The van der Waals surface area contributed by atoms with Gasteiger partial charge < -0.3 is 0 Å². The molecule has 114 valence electrons. The average Bonchev–Trinajstić information content (AvgIpc) is 3.06. The Bertz CT molecular complexity index is 1060. The van der Waals surface area contributed by atoms with Gasteiger partial charge in [0.2, 0.25) is 0 Å². The highest BCUT2D eigenvalue weighted by Gasteiger charge is 2.06. The summed E-state index contributed by atoms with van der Waals surface area (Å²) in [6, 6.07) is 8.50. The van der Waals surface area contributed by atoms with E-state index in [2.05, 4.69) is 58.4 Å². The van der Waals surface area contributed by atoms with Crippen LogP contribution in [-0.2, 0) is 7.05 Å². The third kappa shape index (κ3) is 2.53. The molecule has 0 saturated heterocycles. The van der Waals surface area contributed by atoms with Crippen molar-refractivity contribution in [1.29, 1.82) is 0 Å². The predicted molar refractivity (Wildman–Crippen MR) is 96.5 cm³/mol. The fraction of sp³-hybridized carbons (Fsp3) is 0.167. The van der Waals surface area contributed by atoms with Gasteiger partial charge in [0.15, 0.2) is 5.65 Å². The third-order valence-electron chi connectivity index (χ3n) is 3.86. The van der Waals surface area contributed by atoms with Gasteiger partial charge in [-0.05, 0) is 49.2 Å². The molecule has 3 aromatic heterocycles. The van der Waals surface area contributed by atoms with Crippen molar-refractivity contribution >= 4 is 44.7 Å². The Hall–Kier alpha value is -2.53. The molecule has 4 rings (SSSR count). The molecule has 3 heterocycles. The Balaban J connectivity index is 1.70. The molecular weight excluding hydrogens is 304 g/mol. The van der Waals surface area contributed by atoms with E-state index in [-0.39, 0.29) is 0 Å². The second-order valence-electron chi connectivity index (χ2n) is 5.71. The summed E-state index contributed by atoms with van der Waals surface area (Å²) in [6.45, 7) is 4.10. The SMILES string of the molecule is Cc1ccc2sc(/C=C\c3cnc4c(c3)c(C)nn4C)nc2c1. The minimum atomic E-state index is 0.912. The molecule has 0 aliphatic rings. The Labute approximate surface area is 138 Å². The van der Waals surface area contributed by atoms with Crippen LogP contribution in [-0.4, -0.2) is 19.7 Å². The van der Waals surface area contributed by atoms with Crippen molar-refractivity contribution in [2.75, 3.05) is 0 Å². The van der Waals surface area contributed by atoms with Gasteiger partial charge in [-0.2, -0.15) is 5.10 Å². The van der Waals surface area contributed by atoms with Gasteiger partial charge in [0.1, 0.15) is 5.01 Å². The molecule has 0 aliphatic heterocycles. The summed E-state index contributed by atoms with van der Waals surface area (Å²) in [5.41, 5.74) is 5.27. The smallest absolute Gasteiger partial charge is 0.157 e. The lowest BCUT2D eigenvalue weighted by Crippen LogP contribution is -1.91. The normalized spacial score (nSPS) is 12.0.